The predicted octanol–water partition coefficient (Wildman–Crippen LogP) is 2.25. The molecule has 0 radical (unpaired) electrons. The highest BCUT2D eigenvalue weighted by atomic mass is 16.5. The van der Waals surface area contributed by atoms with Crippen LogP contribution in [0.4, 0.5) is 5.69 Å². The summed E-state index contributed by atoms with van der Waals surface area (Å²) in [5, 5.41) is 0. The van der Waals surface area contributed by atoms with Gasteiger partial charge in [0.2, 0.25) is 0 Å². The van der Waals surface area contributed by atoms with Gasteiger partial charge in [0.15, 0.2) is 5.75 Å². The second-order valence-electron chi connectivity index (χ2n) is 4.33. The highest BCUT2D eigenvalue weighted by Crippen LogP contribution is 2.34. The molecule has 2 rings (SSSR count). The molecule has 1 aliphatic heterocycles. The average Bonchev–Trinajstić information content (AvgIpc) is 2.32. The summed E-state index contributed by atoms with van der Waals surface area (Å²) in [7, 11) is 0. The minimum atomic E-state index is 0.0962. The van der Waals surface area contributed by atoms with Crippen LogP contribution in [0.1, 0.15) is 25.8 Å². The molecule has 0 saturated heterocycles. The zero-order valence-electron chi connectivity index (χ0n) is 10.3. The first-order chi connectivity index (χ1) is 8.18. The predicted molar refractivity (Wildman–Crippen MR) is 67.8 cm³/mol. The number of hydrogen-bond donors (Lipinski definition) is 1. The van der Waals surface area contributed by atoms with E-state index in [1.54, 1.807) is 6.20 Å². The lowest BCUT2D eigenvalue weighted by Crippen LogP contribution is -2.11. The van der Waals surface area contributed by atoms with Crippen molar-refractivity contribution in [1.82, 2.24) is 4.98 Å². The number of ether oxygens (including phenoxy) is 2. The molecule has 1 aromatic heterocycles. The van der Waals surface area contributed by atoms with Gasteiger partial charge in [0.25, 0.3) is 0 Å². The van der Waals surface area contributed by atoms with Gasteiger partial charge in [0.1, 0.15) is 0 Å². The third-order valence-corrected chi connectivity index (χ3v) is 2.59. The summed E-state index contributed by atoms with van der Waals surface area (Å²) in [6.07, 6.45) is 6.47. The lowest BCUT2D eigenvalue weighted by molar-refractivity contribution is 0.161. The Labute approximate surface area is 101 Å². The number of pyridine rings is 1. The molecule has 17 heavy (non-hydrogen) atoms. The molecule has 0 aliphatic carbocycles. The van der Waals surface area contributed by atoms with E-state index in [2.05, 4.69) is 11.1 Å². The molecule has 0 amide bonds. The fraction of sp³-hybridized carbons (Fsp3) is 0.462. The number of anilines is 1. The fourth-order valence-corrected chi connectivity index (χ4v) is 1.83. The van der Waals surface area contributed by atoms with E-state index in [1.807, 2.05) is 20.0 Å². The Morgan fingerprint density at radius 2 is 2.24 bits per heavy atom. The molecule has 0 spiro atoms. The maximum atomic E-state index is 5.93. The minimum absolute atomic E-state index is 0.0962. The Morgan fingerprint density at radius 1 is 1.41 bits per heavy atom. The fourth-order valence-electron chi connectivity index (χ4n) is 1.83. The van der Waals surface area contributed by atoms with E-state index in [-0.39, 0.29) is 6.10 Å². The van der Waals surface area contributed by atoms with E-state index in [4.69, 9.17) is 15.2 Å². The summed E-state index contributed by atoms with van der Waals surface area (Å²) in [6, 6.07) is 0. The Hall–Kier alpha value is -1.55. The maximum Gasteiger partial charge on any atom is 0.153 e. The van der Waals surface area contributed by atoms with E-state index in [9.17, 15) is 0 Å². The van der Waals surface area contributed by atoms with Gasteiger partial charge in [0, 0.05) is 11.8 Å². The van der Waals surface area contributed by atoms with Gasteiger partial charge < -0.3 is 15.2 Å². The summed E-state index contributed by atoms with van der Waals surface area (Å²) in [5.74, 6) is 0.739. The molecule has 2 heterocycles. The Balaban J connectivity index is 2.38. The molecule has 2 N–H and O–H groups in total. The van der Waals surface area contributed by atoms with Gasteiger partial charge in [-0.25, -0.2) is 0 Å². The van der Waals surface area contributed by atoms with Crippen LogP contribution in [0.15, 0.2) is 18.5 Å². The number of rotatable bonds is 3. The van der Waals surface area contributed by atoms with Gasteiger partial charge in [-0.3, -0.25) is 4.98 Å². The van der Waals surface area contributed by atoms with Crippen molar-refractivity contribution in [1.29, 1.82) is 0 Å². The van der Waals surface area contributed by atoms with Crippen LogP contribution in [0, 0.1) is 0 Å². The van der Waals surface area contributed by atoms with E-state index >= 15 is 0 Å². The SMILES string of the molecule is CC(C)Oc1c(N)cncc1C1=CCOCC1. The summed E-state index contributed by atoms with van der Waals surface area (Å²) in [6.45, 7) is 5.36. The zero-order chi connectivity index (χ0) is 12.3. The van der Waals surface area contributed by atoms with E-state index in [0.29, 0.717) is 12.3 Å². The molecule has 0 atom stereocenters. The van der Waals surface area contributed by atoms with Crippen LogP contribution in [0.25, 0.3) is 5.57 Å². The largest absolute Gasteiger partial charge is 0.488 e. The molecule has 92 valence electrons. The van der Waals surface area contributed by atoms with E-state index < -0.39 is 0 Å². The molecule has 0 unspecified atom stereocenters. The van der Waals surface area contributed by atoms with Gasteiger partial charge in [-0.05, 0) is 25.8 Å². The van der Waals surface area contributed by atoms with Crippen molar-refractivity contribution >= 4 is 11.3 Å². The van der Waals surface area contributed by atoms with Crippen molar-refractivity contribution in [2.24, 2.45) is 0 Å². The van der Waals surface area contributed by atoms with Gasteiger partial charge in [-0.1, -0.05) is 6.08 Å². The first kappa shape index (κ1) is 11.9. The number of nitrogens with two attached hydrogens (primary N) is 1. The van der Waals surface area contributed by atoms with Crippen LogP contribution < -0.4 is 10.5 Å². The molecule has 0 fully saturated rings. The highest BCUT2D eigenvalue weighted by molar-refractivity contribution is 5.75. The third-order valence-electron chi connectivity index (χ3n) is 2.59. The first-order valence-electron chi connectivity index (χ1n) is 5.85. The molecular weight excluding hydrogens is 216 g/mol. The van der Waals surface area contributed by atoms with Gasteiger partial charge >= 0.3 is 0 Å². The molecule has 4 nitrogen and oxygen atoms in total. The molecule has 0 bridgehead atoms. The summed E-state index contributed by atoms with van der Waals surface area (Å²) in [5.41, 5.74) is 8.71. The molecule has 4 heteroatoms. The van der Waals surface area contributed by atoms with Crippen molar-refractivity contribution in [3.05, 3.63) is 24.0 Å². The topological polar surface area (TPSA) is 57.4 Å². The molecule has 0 saturated carbocycles. The van der Waals surface area contributed by atoms with Crippen LogP contribution in [-0.4, -0.2) is 24.3 Å². The standard InChI is InChI=1S/C13H18N2O2/c1-9(2)17-13-11(7-15-8-12(13)14)10-3-5-16-6-4-10/h3,7-9H,4-6,14H2,1-2H3. The lowest BCUT2D eigenvalue weighted by atomic mass is 10.0. The van der Waals surface area contributed by atoms with Crippen LogP contribution in [-0.2, 0) is 4.74 Å². The number of nitrogens with zero attached hydrogens (tertiary/aromatic N) is 1. The van der Waals surface area contributed by atoms with Gasteiger partial charge in [-0.2, -0.15) is 0 Å². The van der Waals surface area contributed by atoms with Crippen molar-refractivity contribution < 1.29 is 9.47 Å². The highest BCUT2D eigenvalue weighted by Gasteiger charge is 2.15. The first-order valence-corrected chi connectivity index (χ1v) is 5.85. The monoisotopic (exact) mass is 234 g/mol. The van der Waals surface area contributed by atoms with Crippen LogP contribution >= 0.6 is 0 Å². The number of nitrogen functional groups attached to an aromatic ring is 1. The van der Waals surface area contributed by atoms with Crippen molar-refractivity contribution in [2.75, 3.05) is 18.9 Å². The molecule has 1 aromatic rings. The zero-order valence-corrected chi connectivity index (χ0v) is 10.3. The summed E-state index contributed by atoms with van der Waals surface area (Å²) < 4.78 is 11.1. The average molecular weight is 234 g/mol. The van der Waals surface area contributed by atoms with Crippen LogP contribution in [0.2, 0.25) is 0 Å². The van der Waals surface area contributed by atoms with Crippen molar-refractivity contribution in [2.45, 2.75) is 26.4 Å². The second-order valence-corrected chi connectivity index (χ2v) is 4.33. The summed E-state index contributed by atoms with van der Waals surface area (Å²) >= 11 is 0. The van der Waals surface area contributed by atoms with Crippen LogP contribution in [0.3, 0.4) is 0 Å². The molecular formula is C13H18N2O2. The van der Waals surface area contributed by atoms with Gasteiger partial charge in [0.05, 0.1) is 31.2 Å². The van der Waals surface area contributed by atoms with E-state index in [0.717, 1.165) is 24.3 Å². The lowest BCUT2D eigenvalue weighted by Gasteiger charge is -2.19. The number of hydrogen-bond acceptors (Lipinski definition) is 4. The van der Waals surface area contributed by atoms with Crippen molar-refractivity contribution in [3.63, 3.8) is 0 Å². The number of aromatic nitrogens is 1. The van der Waals surface area contributed by atoms with Crippen molar-refractivity contribution in [3.8, 4) is 5.75 Å². The second kappa shape index (κ2) is 5.19. The third kappa shape index (κ3) is 2.77. The molecule has 0 aromatic carbocycles. The Morgan fingerprint density at radius 3 is 2.88 bits per heavy atom. The van der Waals surface area contributed by atoms with Gasteiger partial charge in [-0.15, -0.1) is 0 Å². The van der Waals surface area contributed by atoms with Crippen LogP contribution in [0.5, 0.6) is 5.75 Å². The quantitative estimate of drug-likeness (QED) is 0.871. The normalized spacial score (nSPS) is 15.8. The minimum Gasteiger partial charge on any atom is -0.488 e. The van der Waals surface area contributed by atoms with E-state index in [1.165, 1.54) is 5.57 Å². The Kier molecular flexibility index (Phi) is 3.64. The maximum absolute atomic E-state index is 5.93. The Bertz CT molecular complexity index is 427. The summed E-state index contributed by atoms with van der Waals surface area (Å²) in [4.78, 5) is 4.14. The molecule has 1 aliphatic rings. The smallest absolute Gasteiger partial charge is 0.153 e.